The number of nitrogens with zero attached hydrogens (tertiary/aromatic N) is 1. The van der Waals surface area contributed by atoms with Crippen LogP contribution in [0.5, 0.6) is 0 Å². The molecule has 4 aromatic rings. The lowest BCUT2D eigenvalue weighted by atomic mass is 10.1. The van der Waals surface area contributed by atoms with Gasteiger partial charge in [-0.2, -0.15) is 0 Å². The molecule has 0 spiro atoms. The highest BCUT2D eigenvalue weighted by Crippen LogP contribution is 2.24. The van der Waals surface area contributed by atoms with Crippen molar-refractivity contribution in [3.63, 3.8) is 0 Å². The molecule has 3 aromatic carbocycles. The summed E-state index contributed by atoms with van der Waals surface area (Å²) in [6.07, 6.45) is 2.31. The van der Waals surface area contributed by atoms with Crippen molar-refractivity contribution >= 4 is 39.9 Å². The third kappa shape index (κ3) is 4.44. The number of benzene rings is 3. The summed E-state index contributed by atoms with van der Waals surface area (Å²) in [5.74, 6) is -0.0960. The Kier molecular flexibility index (Phi) is 5.68. The molecule has 0 saturated carbocycles. The maximum atomic E-state index is 12.6. The number of para-hydroxylation sites is 1. The molecule has 0 bridgehead atoms. The SMILES string of the molecule is CC(=O)c1ccc(NC(=O)Cc2cn(Cc3ccc(Cl)cc3)c3ccccc23)cc1. The van der Waals surface area contributed by atoms with Crippen LogP contribution in [-0.4, -0.2) is 16.3 Å². The summed E-state index contributed by atoms with van der Waals surface area (Å²) in [4.78, 5) is 24.0. The molecular formula is C25H21ClN2O2. The van der Waals surface area contributed by atoms with Gasteiger partial charge in [0.05, 0.1) is 6.42 Å². The number of halogens is 1. The van der Waals surface area contributed by atoms with Crippen LogP contribution in [0, 0.1) is 0 Å². The number of carbonyl (C=O) groups is 2. The highest BCUT2D eigenvalue weighted by Gasteiger charge is 2.13. The first-order chi connectivity index (χ1) is 14.5. The lowest BCUT2D eigenvalue weighted by Crippen LogP contribution is -2.14. The minimum absolute atomic E-state index is 0.00127. The number of hydrogen-bond acceptors (Lipinski definition) is 2. The molecule has 0 fully saturated rings. The van der Waals surface area contributed by atoms with E-state index >= 15 is 0 Å². The van der Waals surface area contributed by atoms with Gasteiger partial charge in [-0.15, -0.1) is 0 Å². The summed E-state index contributed by atoms with van der Waals surface area (Å²) in [6.45, 7) is 2.22. The van der Waals surface area contributed by atoms with Crippen molar-refractivity contribution in [2.24, 2.45) is 0 Å². The fourth-order valence-electron chi connectivity index (χ4n) is 3.55. The quantitative estimate of drug-likeness (QED) is 0.408. The smallest absolute Gasteiger partial charge is 0.228 e. The van der Waals surface area contributed by atoms with Gasteiger partial charge in [0.15, 0.2) is 5.78 Å². The average molecular weight is 417 g/mol. The van der Waals surface area contributed by atoms with Gasteiger partial charge in [0, 0.05) is 39.9 Å². The standard InChI is InChI=1S/C25H21ClN2O2/c1-17(29)19-8-12-22(13-9-19)27-25(30)14-20-16-28(24-5-3-2-4-23(20)24)15-18-6-10-21(26)11-7-18/h2-13,16H,14-15H2,1H3,(H,27,30). The van der Waals surface area contributed by atoms with Crippen LogP contribution in [-0.2, 0) is 17.8 Å². The van der Waals surface area contributed by atoms with Crippen molar-refractivity contribution in [1.29, 1.82) is 0 Å². The van der Waals surface area contributed by atoms with E-state index in [9.17, 15) is 9.59 Å². The summed E-state index contributed by atoms with van der Waals surface area (Å²) >= 11 is 5.99. The van der Waals surface area contributed by atoms with Crippen LogP contribution in [0.25, 0.3) is 10.9 Å². The zero-order valence-electron chi connectivity index (χ0n) is 16.6. The number of fused-ring (bicyclic) bond motifs is 1. The Morgan fingerprint density at radius 3 is 2.33 bits per heavy atom. The topological polar surface area (TPSA) is 51.1 Å². The average Bonchev–Trinajstić information content (AvgIpc) is 3.07. The van der Waals surface area contributed by atoms with Gasteiger partial charge in [0.25, 0.3) is 0 Å². The maximum absolute atomic E-state index is 12.6. The largest absolute Gasteiger partial charge is 0.343 e. The normalized spacial score (nSPS) is 10.9. The highest BCUT2D eigenvalue weighted by molar-refractivity contribution is 6.30. The summed E-state index contributed by atoms with van der Waals surface area (Å²) in [5, 5.41) is 4.69. The number of carbonyl (C=O) groups excluding carboxylic acids is 2. The lowest BCUT2D eigenvalue weighted by Gasteiger charge is -2.06. The molecule has 0 unspecified atom stereocenters. The Morgan fingerprint density at radius 1 is 0.933 bits per heavy atom. The minimum Gasteiger partial charge on any atom is -0.343 e. The van der Waals surface area contributed by atoms with Crippen molar-refractivity contribution in [3.05, 3.63) is 101 Å². The molecule has 0 aliphatic carbocycles. The van der Waals surface area contributed by atoms with E-state index < -0.39 is 0 Å². The van der Waals surface area contributed by atoms with Gasteiger partial charge >= 0.3 is 0 Å². The van der Waals surface area contributed by atoms with Gasteiger partial charge in [-0.3, -0.25) is 9.59 Å². The van der Waals surface area contributed by atoms with E-state index in [1.807, 2.05) is 48.7 Å². The summed E-state index contributed by atoms with van der Waals surface area (Å²) < 4.78 is 2.16. The van der Waals surface area contributed by atoms with Crippen molar-refractivity contribution in [1.82, 2.24) is 4.57 Å². The molecular weight excluding hydrogens is 396 g/mol. The van der Waals surface area contributed by atoms with Gasteiger partial charge in [-0.25, -0.2) is 0 Å². The van der Waals surface area contributed by atoms with Gasteiger partial charge in [0.1, 0.15) is 0 Å². The molecule has 0 radical (unpaired) electrons. The number of ketones is 1. The van der Waals surface area contributed by atoms with E-state index in [-0.39, 0.29) is 18.1 Å². The molecule has 150 valence electrons. The molecule has 4 nitrogen and oxygen atoms in total. The third-order valence-corrected chi connectivity index (χ3v) is 5.32. The number of anilines is 1. The second-order valence-electron chi connectivity index (χ2n) is 7.28. The van der Waals surface area contributed by atoms with E-state index in [4.69, 9.17) is 11.6 Å². The number of amides is 1. The number of nitrogens with one attached hydrogen (secondary N) is 1. The first-order valence-electron chi connectivity index (χ1n) is 9.71. The molecule has 1 N–H and O–H groups in total. The Morgan fingerprint density at radius 2 is 1.63 bits per heavy atom. The molecule has 4 rings (SSSR count). The first kappa shape index (κ1) is 19.9. The maximum Gasteiger partial charge on any atom is 0.228 e. The van der Waals surface area contributed by atoms with Crippen LogP contribution in [0.3, 0.4) is 0 Å². The van der Waals surface area contributed by atoms with Crippen LogP contribution < -0.4 is 5.32 Å². The number of aromatic nitrogens is 1. The molecule has 30 heavy (non-hydrogen) atoms. The van der Waals surface area contributed by atoms with E-state index in [0.717, 1.165) is 22.0 Å². The van der Waals surface area contributed by atoms with Crippen LogP contribution in [0.4, 0.5) is 5.69 Å². The second-order valence-corrected chi connectivity index (χ2v) is 7.72. The van der Waals surface area contributed by atoms with Crippen molar-refractivity contribution < 1.29 is 9.59 Å². The van der Waals surface area contributed by atoms with Crippen molar-refractivity contribution in [3.8, 4) is 0 Å². The Labute approximate surface area is 180 Å². The van der Waals surface area contributed by atoms with Gasteiger partial charge in [-0.1, -0.05) is 41.9 Å². The van der Waals surface area contributed by atoms with E-state index in [1.54, 1.807) is 24.3 Å². The summed E-state index contributed by atoms with van der Waals surface area (Å²) in [5.41, 5.74) is 4.49. The fourth-order valence-corrected chi connectivity index (χ4v) is 3.67. The van der Waals surface area contributed by atoms with Crippen LogP contribution in [0.1, 0.15) is 28.4 Å². The van der Waals surface area contributed by atoms with E-state index in [2.05, 4.69) is 16.0 Å². The monoisotopic (exact) mass is 416 g/mol. The molecule has 0 aliphatic rings. The van der Waals surface area contributed by atoms with Crippen LogP contribution in [0.15, 0.2) is 79.0 Å². The molecule has 0 atom stereocenters. The van der Waals surface area contributed by atoms with Gasteiger partial charge < -0.3 is 9.88 Å². The predicted octanol–water partition coefficient (Wildman–Crippen LogP) is 5.73. The Hall–Kier alpha value is -3.37. The zero-order valence-corrected chi connectivity index (χ0v) is 17.3. The first-order valence-corrected chi connectivity index (χ1v) is 10.1. The number of rotatable bonds is 6. The number of hydrogen-bond donors (Lipinski definition) is 1. The number of Topliss-reactive ketones (excluding diaryl/α,β-unsaturated/α-hetero) is 1. The highest BCUT2D eigenvalue weighted by atomic mass is 35.5. The van der Waals surface area contributed by atoms with Gasteiger partial charge in [0.2, 0.25) is 5.91 Å². The van der Waals surface area contributed by atoms with E-state index in [0.29, 0.717) is 22.8 Å². The van der Waals surface area contributed by atoms with E-state index in [1.165, 1.54) is 6.92 Å². The Bertz CT molecular complexity index is 1210. The zero-order chi connectivity index (χ0) is 21.1. The van der Waals surface area contributed by atoms with Crippen molar-refractivity contribution in [2.75, 3.05) is 5.32 Å². The predicted molar refractivity (Wildman–Crippen MR) is 121 cm³/mol. The summed E-state index contributed by atoms with van der Waals surface area (Å²) in [6, 6.07) is 22.8. The third-order valence-electron chi connectivity index (χ3n) is 5.06. The molecule has 1 amide bonds. The minimum atomic E-state index is -0.0972. The molecule has 0 saturated heterocycles. The second kappa shape index (κ2) is 8.56. The fraction of sp³-hybridized carbons (Fsp3) is 0.120. The van der Waals surface area contributed by atoms with Crippen molar-refractivity contribution in [2.45, 2.75) is 19.9 Å². The summed E-state index contributed by atoms with van der Waals surface area (Å²) in [7, 11) is 0. The molecule has 1 heterocycles. The molecule has 5 heteroatoms. The lowest BCUT2D eigenvalue weighted by molar-refractivity contribution is -0.115. The Balaban J connectivity index is 1.54. The molecule has 1 aromatic heterocycles. The molecule has 0 aliphatic heterocycles. The van der Waals surface area contributed by atoms with Crippen LogP contribution in [0.2, 0.25) is 5.02 Å². The van der Waals surface area contributed by atoms with Gasteiger partial charge in [-0.05, 0) is 60.5 Å². The van der Waals surface area contributed by atoms with Crippen LogP contribution >= 0.6 is 11.6 Å².